The van der Waals surface area contributed by atoms with Gasteiger partial charge in [0.1, 0.15) is 0 Å². The SMILES string of the molecule is CC(Oc1c(N)cc(Cl)cc1Br)C(=O)NC1CCCCC1. The van der Waals surface area contributed by atoms with Gasteiger partial charge in [-0.15, -0.1) is 0 Å². The number of rotatable bonds is 4. The summed E-state index contributed by atoms with van der Waals surface area (Å²) in [6.07, 6.45) is 5.10. The van der Waals surface area contributed by atoms with Crippen LogP contribution in [0.2, 0.25) is 5.02 Å². The molecule has 1 atom stereocenters. The average molecular weight is 376 g/mol. The molecule has 4 nitrogen and oxygen atoms in total. The zero-order valence-electron chi connectivity index (χ0n) is 12.0. The Morgan fingerprint density at radius 2 is 2.10 bits per heavy atom. The van der Waals surface area contributed by atoms with Crippen LogP contribution in [0.1, 0.15) is 39.0 Å². The van der Waals surface area contributed by atoms with Crippen molar-refractivity contribution in [1.82, 2.24) is 5.32 Å². The van der Waals surface area contributed by atoms with Crippen LogP contribution in [0.4, 0.5) is 5.69 Å². The van der Waals surface area contributed by atoms with Crippen molar-refractivity contribution >= 4 is 39.1 Å². The first-order valence-electron chi connectivity index (χ1n) is 7.19. The Morgan fingerprint density at radius 1 is 1.43 bits per heavy atom. The number of amides is 1. The lowest BCUT2D eigenvalue weighted by Gasteiger charge is -2.25. The summed E-state index contributed by atoms with van der Waals surface area (Å²) in [6.45, 7) is 1.72. The zero-order valence-corrected chi connectivity index (χ0v) is 14.3. The van der Waals surface area contributed by atoms with Gasteiger partial charge in [0.2, 0.25) is 0 Å². The first-order chi connectivity index (χ1) is 9.97. The normalized spacial score (nSPS) is 17.3. The van der Waals surface area contributed by atoms with Crippen LogP contribution in [-0.2, 0) is 4.79 Å². The maximum absolute atomic E-state index is 12.2. The van der Waals surface area contributed by atoms with Gasteiger partial charge in [-0.2, -0.15) is 0 Å². The molecule has 116 valence electrons. The lowest BCUT2D eigenvalue weighted by Crippen LogP contribution is -2.43. The van der Waals surface area contributed by atoms with Gasteiger partial charge in [0.15, 0.2) is 11.9 Å². The molecule has 0 heterocycles. The fourth-order valence-corrected chi connectivity index (χ4v) is 3.43. The number of nitrogen functional groups attached to an aromatic ring is 1. The molecule has 21 heavy (non-hydrogen) atoms. The molecule has 0 radical (unpaired) electrons. The van der Waals surface area contributed by atoms with Gasteiger partial charge < -0.3 is 15.8 Å². The van der Waals surface area contributed by atoms with Crippen LogP contribution < -0.4 is 15.8 Å². The molecule has 1 aromatic rings. The van der Waals surface area contributed by atoms with Gasteiger partial charge in [-0.25, -0.2) is 0 Å². The van der Waals surface area contributed by atoms with E-state index in [9.17, 15) is 4.79 Å². The van der Waals surface area contributed by atoms with Crippen LogP contribution in [0.15, 0.2) is 16.6 Å². The Bertz CT molecular complexity index is 495. The molecule has 0 spiro atoms. The molecule has 1 aliphatic carbocycles. The molecule has 0 bridgehead atoms. The van der Waals surface area contributed by atoms with E-state index in [2.05, 4.69) is 21.2 Å². The van der Waals surface area contributed by atoms with Crippen LogP contribution in [0.25, 0.3) is 0 Å². The van der Waals surface area contributed by atoms with Crippen LogP contribution in [0.5, 0.6) is 5.75 Å². The number of nitrogens with two attached hydrogens (primary N) is 1. The van der Waals surface area contributed by atoms with E-state index < -0.39 is 6.10 Å². The van der Waals surface area contributed by atoms with Gasteiger partial charge >= 0.3 is 0 Å². The quantitative estimate of drug-likeness (QED) is 0.784. The molecular formula is C15H20BrClN2O2. The van der Waals surface area contributed by atoms with E-state index in [4.69, 9.17) is 22.1 Å². The highest BCUT2D eigenvalue weighted by Crippen LogP contribution is 2.35. The number of hydrogen-bond acceptors (Lipinski definition) is 3. The Morgan fingerprint density at radius 3 is 2.71 bits per heavy atom. The van der Waals surface area contributed by atoms with Crippen LogP contribution in [0.3, 0.4) is 0 Å². The molecule has 1 unspecified atom stereocenters. The van der Waals surface area contributed by atoms with E-state index in [1.807, 2.05) is 0 Å². The predicted octanol–water partition coefficient (Wildman–Crippen LogP) is 3.90. The van der Waals surface area contributed by atoms with Crippen molar-refractivity contribution < 1.29 is 9.53 Å². The van der Waals surface area contributed by atoms with Crippen molar-refractivity contribution in [1.29, 1.82) is 0 Å². The molecule has 3 N–H and O–H groups in total. The Balaban J connectivity index is 1.97. The summed E-state index contributed by atoms with van der Waals surface area (Å²) in [5.74, 6) is 0.342. The smallest absolute Gasteiger partial charge is 0.260 e. The topological polar surface area (TPSA) is 64.3 Å². The number of benzene rings is 1. The third-order valence-electron chi connectivity index (χ3n) is 3.65. The highest BCUT2D eigenvalue weighted by atomic mass is 79.9. The second-order valence-electron chi connectivity index (χ2n) is 5.41. The van der Waals surface area contributed by atoms with E-state index in [0.29, 0.717) is 20.9 Å². The maximum Gasteiger partial charge on any atom is 0.260 e. The molecule has 0 saturated heterocycles. The van der Waals surface area contributed by atoms with Crippen molar-refractivity contribution in [3.8, 4) is 5.75 Å². The summed E-state index contributed by atoms with van der Waals surface area (Å²) in [5.41, 5.74) is 6.29. The van der Waals surface area contributed by atoms with Gasteiger partial charge in [-0.05, 0) is 47.8 Å². The van der Waals surface area contributed by atoms with Crippen LogP contribution in [0, 0.1) is 0 Å². The van der Waals surface area contributed by atoms with Gasteiger partial charge in [-0.3, -0.25) is 4.79 Å². The molecule has 6 heteroatoms. The third kappa shape index (κ3) is 4.51. The zero-order chi connectivity index (χ0) is 15.4. The van der Waals surface area contributed by atoms with E-state index >= 15 is 0 Å². The summed E-state index contributed by atoms with van der Waals surface area (Å²) in [6, 6.07) is 3.56. The van der Waals surface area contributed by atoms with E-state index in [0.717, 1.165) is 12.8 Å². The fourth-order valence-electron chi connectivity index (χ4n) is 2.50. The minimum Gasteiger partial charge on any atom is -0.478 e. The van der Waals surface area contributed by atoms with Crippen molar-refractivity contribution in [3.63, 3.8) is 0 Å². The lowest BCUT2D eigenvalue weighted by molar-refractivity contribution is -0.128. The molecule has 0 aromatic heterocycles. The van der Waals surface area contributed by atoms with Crippen molar-refractivity contribution in [2.75, 3.05) is 5.73 Å². The number of hydrogen-bond donors (Lipinski definition) is 2. The van der Waals surface area contributed by atoms with E-state index in [1.165, 1.54) is 19.3 Å². The summed E-state index contributed by atoms with van der Waals surface area (Å²) in [7, 11) is 0. The molecule has 1 fully saturated rings. The molecule has 0 aliphatic heterocycles. The van der Waals surface area contributed by atoms with Crippen LogP contribution in [-0.4, -0.2) is 18.1 Å². The minimum absolute atomic E-state index is 0.108. The predicted molar refractivity (Wildman–Crippen MR) is 88.7 cm³/mol. The first-order valence-corrected chi connectivity index (χ1v) is 8.36. The number of anilines is 1. The lowest BCUT2D eigenvalue weighted by atomic mass is 9.95. The number of carbonyl (C=O) groups is 1. The standard InChI is InChI=1S/C15H20BrClN2O2/c1-9(15(20)19-11-5-3-2-4-6-11)21-14-12(16)7-10(17)8-13(14)18/h7-9,11H,2-6,18H2,1H3,(H,19,20). The molecular weight excluding hydrogens is 356 g/mol. The van der Waals surface area contributed by atoms with Crippen molar-refractivity contribution in [3.05, 3.63) is 21.6 Å². The number of nitrogens with one attached hydrogen (secondary N) is 1. The summed E-state index contributed by atoms with van der Waals surface area (Å²) in [5, 5.41) is 3.56. The Hall–Kier alpha value is -0.940. The third-order valence-corrected chi connectivity index (χ3v) is 4.46. The number of ether oxygens (including phenoxy) is 1. The monoisotopic (exact) mass is 374 g/mol. The number of carbonyl (C=O) groups excluding carboxylic acids is 1. The molecule has 1 aliphatic rings. The summed E-state index contributed by atoms with van der Waals surface area (Å²) >= 11 is 9.26. The highest BCUT2D eigenvalue weighted by Gasteiger charge is 2.22. The van der Waals surface area contributed by atoms with Crippen molar-refractivity contribution in [2.24, 2.45) is 0 Å². The average Bonchev–Trinajstić information content (AvgIpc) is 2.43. The second kappa shape index (κ2) is 7.36. The van der Waals surface area contributed by atoms with Gasteiger partial charge in [0.05, 0.1) is 10.2 Å². The molecule has 1 aromatic carbocycles. The Kier molecular flexibility index (Phi) is 5.76. The summed E-state index contributed by atoms with van der Waals surface area (Å²) in [4.78, 5) is 12.2. The van der Waals surface area contributed by atoms with Gasteiger partial charge in [-0.1, -0.05) is 30.9 Å². The van der Waals surface area contributed by atoms with Crippen LogP contribution >= 0.6 is 27.5 Å². The largest absolute Gasteiger partial charge is 0.478 e. The van der Waals surface area contributed by atoms with Crippen molar-refractivity contribution in [2.45, 2.75) is 51.2 Å². The Labute approximate surface area is 138 Å². The molecule has 1 amide bonds. The second-order valence-corrected chi connectivity index (χ2v) is 6.70. The first kappa shape index (κ1) is 16.4. The highest BCUT2D eigenvalue weighted by molar-refractivity contribution is 9.10. The fraction of sp³-hybridized carbons (Fsp3) is 0.533. The number of halogens is 2. The maximum atomic E-state index is 12.2. The summed E-state index contributed by atoms with van der Waals surface area (Å²) < 4.78 is 6.34. The minimum atomic E-state index is -0.605. The van der Waals surface area contributed by atoms with Gasteiger partial charge in [0.25, 0.3) is 5.91 Å². The molecule has 2 rings (SSSR count). The van der Waals surface area contributed by atoms with Gasteiger partial charge in [0, 0.05) is 11.1 Å². The molecule has 1 saturated carbocycles. The van der Waals surface area contributed by atoms with E-state index in [-0.39, 0.29) is 11.9 Å². The van der Waals surface area contributed by atoms with E-state index in [1.54, 1.807) is 19.1 Å².